The predicted molar refractivity (Wildman–Crippen MR) is 72.8 cm³/mol. The van der Waals surface area contributed by atoms with Crippen molar-refractivity contribution in [3.8, 4) is 5.75 Å². The van der Waals surface area contributed by atoms with Crippen LogP contribution in [0.3, 0.4) is 0 Å². The summed E-state index contributed by atoms with van der Waals surface area (Å²) in [6.45, 7) is 0. The third kappa shape index (κ3) is 3.28. The van der Waals surface area contributed by atoms with Crippen molar-refractivity contribution in [2.75, 3.05) is 7.11 Å². The van der Waals surface area contributed by atoms with E-state index < -0.39 is 5.82 Å². The first-order valence-electron chi connectivity index (χ1n) is 5.81. The van der Waals surface area contributed by atoms with Gasteiger partial charge in [0.15, 0.2) is 5.78 Å². The molecule has 0 amide bonds. The molecule has 0 atom stereocenters. The maximum absolute atomic E-state index is 13.0. The molecule has 2 nitrogen and oxygen atoms in total. The molecule has 19 heavy (non-hydrogen) atoms. The van der Waals surface area contributed by atoms with Crippen LogP contribution in [0.4, 0.5) is 4.39 Å². The predicted octanol–water partition coefficient (Wildman–Crippen LogP) is 3.73. The number of carbonyl (C=O) groups excluding carboxylic acids is 1. The molecule has 0 saturated carbocycles. The first-order chi connectivity index (χ1) is 9.20. The first-order valence-corrected chi connectivity index (χ1v) is 5.81. The van der Waals surface area contributed by atoms with Crippen molar-refractivity contribution in [1.82, 2.24) is 0 Å². The molecular weight excluding hydrogens is 243 g/mol. The van der Waals surface area contributed by atoms with Gasteiger partial charge in [0.25, 0.3) is 0 Å². The molecule has 0 aliphatic heterocycles. The number of carbonyl (C=O) groups is 1. The maximum Gasteiger partial charge on any atom is 0.185 e. The lowest BCUT2D eigenvalue weighted by molar-refractivity contribution is 0.104. The Bertz CT molecular complexity index is 618. The van der Waals surface area contributed by atoms with Gasteiger partial charge in [-0.05, 0) is 30.4 Å². The quantitative estimate of drug-likeness (QED) is 0.615. The minimum Gasteiger partial charge on any atom is -0.496 e. The molecule has 0 aromatic heterocycles. The summed E-state index contributed by atoms with van der Waals surface area (Å²) in [6.07, 6.45) is 3.07. The number of rotatable bonds is 4. The molecule has 0 radical (unpaired) electrons. The van der Waals surface area contributed by atoms with Gasteiger partial charge in [0.1, 0.15) is 11.6 Å². The van der Waals surface area contributed by atoms with Crippen LogP contribution in [0.1, 0.15) is 15.9 Å². The largest absolute Gasteiger partial charge is 0.496 e. The first kappa shape index (κ1) is 13.0. The van der Waals surface area contributed by atoms with Gasteiger partial charge in [0.2, 0.25) is 0 Å². The zero-order chi connectivity index (χ0) is 13.7. The van der Waals surface area contributed by atoms with Gasteiger partial charge in [0.05, 0.1) is 7.11 Å². The average Bonchev–Trinajstić information content (AvgIpc) is 2.45. The van der Waals surface area contributed by atoms with Crippen LogP contribution in [0.15, 0.2) is 54.6 Å². The van der Waals surface area contributed by atoms with Crippen LogP contribution in [-0.2, 0) is 0 Å². The molecule has 96 valence electrons. The number of allylic oxidation sites excluding steroid dienone is 1. The van der Waals surface area contributed by atoms with Crippen LogP contribution in [0.25, 0.3) is 6.08 Å². The molecule has 0 unspecified atom stereocenters. The van der Waals surface area contributed by atoms with E-state index in [4.69, 9.17) is 4.74 Å². The molecule has 2 aromatic carbocycles. The minimum absolute atomic E-state index is 0.245. The van der Waals surface area contributed by atoms with Gasteiger partial charge in [-0.15, -0.1) is 0 Å². The van der Waals surface area contributed by atoms with Gasteiger partial charge in [-0.1, -0.05) is 30.3 Å². The molecule has 0 fully saturated rings. The van der Waals surface area contributed by atoms with Crippen molar-refractivity contribution < 1.29 is 13.9 Å². The topological polar surface area (TPSA) is 26.3 Å². The third-order valence-electron chi connectivity index (χ3n) is 2.66. The summed E-state index contributed by atoms with van der Waals surface area (Å²) in [6, 6.07) is 13.0. The van der Waals surface area contributed by atoms with E-state index >= 15 is 0 Å². The molecule has 0 aliphatic carbocycles. The van der Waals surface area contributed by atoms with E-state index in [0.717, 1.165) is 5.56 Å². The van der Waals surface area contributed by atoms with E-state index in [-0.39, 0.29) is 5.78 Å². The van der Waals surface area contributed by atoms with Gasteiger partial charge in [-0.2, -0.15) is 0 Å². The van der Waals surface area contributed by atoms with Gasteiger partial charge in [0, 0.05) is 11.1 Å². The van der Waals surface area contributed by atoms with Crippen molar-refractivity contribution >= 4 is 11.9 Å². The number of para-hydroxylation sites is 1. The molecule has 3 heteroatoms. The Labute approximate surface area is 111 Å². The summed E-state index contributed by atoms with van der Waals surface area (Å²) in [4.78, 5) is 11.9. The van der Waals surface area contributed by atoms with Crippen LogP contribution in [0, 0.1) is 5.82 Å². The normalized spacial score (nSPS) is 10.6. The molecule has 2 aromatic rings. The van der Waals surface area contributed by atoms with Crippen molar-refractivity contribution in [2.45, 2.75) is 0 Å². The highest BCUT2D eigenvalue weighted by Gasteiger charge is 2.03. The van der Waals surface area contributed by atoms with E-state index in [1.165, 1.54) is 24.3 Å². The Morgan fingerprint density at radius 1 is 1.16 bits per heavy atom. The van der Waals surface area contributed by atoms with Crippen LogP contribution >= 0.6 is 0 Å². The molecule has 0 spiro atoms. The van der Waals surface area contributed by atoms with Crippen LogP contribution < -0.4 is 4.74 Å². The highest BCUT2D eigenvalue weighted by Crippen LogP contribution is 2.19. The molecule has 0 saturated heterocycles. The van der Waals surface area contributed by atoms with Crippen molar-refractivity contribution in [3.05, 3.63) is 71.6 Å². The second-order valence-corrected chi connectivity index (χ2v) is 3.95. The molecule has 0 bridgehead atoms. The maximum atomic E-state index is 13.0. The Kier molecular flexibility index (Phi) is 4.08. The number of ketones is 1. The van der Waals surface area contributed by atoms with Crippen LogP contribution in [0.2, 0.25) is 0 Å². The summed E-state index contributed by atoms with van der Waals surface area (Å²) in [7, 11) is 1.57. The molecule has 2 rings (SSSR count). The van der Waals surface area contributed by atoms with Crippen LogP contribution in [-0.4, -0.2) is 12.9 Å². The highest BCUT2D eigenvalue weighted by atomic mass is 19.1. The Morgan fingerprint density at radius 3 is 2.68 bits per heavy atom. The van der Waals surface area contributed by atoms with Gasteiger partial charge < -0.3 is 4.74 Å². The third-order valence-corrected chi connectivity index (χ3v) is 2.66. The lowest BCUT2D eigenvalue weighted by atomic mass is 10.1. The second kappa shape index (κ2) is 5.96. The van der Waals surface area contributed by atoms with Crippen molar-refractivity contribution in [1.29, 1.82) is 0 Å². The number of methoxy groups -OCH3 is 1. The number of halogens is 1. The summed E-state index contributed by atoms with van der Waals surface area (Å²) in [5, 5.41) is 0. The SMILES string of the molecule is COc1ccccc1/C=C/C(=O)c1cccc(F)c1. The second-order valence-electron chi connectivity index (χ2n) is 3.95. The van der Waals surface area contributed by atoms with E-state index in [1.807, 2.05) is 24.3 Å². The van der Waals surface area contributed by atoms with E-state index in [1.54, 1.807) is 19.3 Å². The number of hydrogen-bond donors (Lipinski definition) is 0. The number of benzene rings is 2. The summed E-state index contributed by atoms with van der Waals surface area (Å²) >= 11 is 0. The fourth-order valence-corrected chi connectivity index (χ4v) is 1.71. The summed E-state index contributed by atoms with van der Waals surface area (Å²) in [5.41, 5.74) is 1.13. The van der Waals surface area contributed by atoms with Gasteiger partial charge >= 0.3 is 0 Å². The van der Waals surface area contributed by atoms with Crippen molar-refractivity contribution in [3.63, 3.8) is 0 Å². The van der Waals surface area contributed by atoms with Crippen LogP contribution in [0.5, 0.6) is 5.75 Å². The Hall–Kier alpha value is -2.42. The van der Waals surface area contributed by atoms with E-state index in [2.05, 4.69) is 0 Å². The summed E-state index contributed by atoms with van der Waals surface area (Å²) < 4.78 is 18.2. The monoisotopic (exact) mass is 256 g/mol. The molecular formula is C16H13FO2. The number of ether oxygens (including phenoxy) is 1. The van der Waals surface area contributed by atoms with E-state index in [0.29, 0.717) is 11.3 Å². The fraction of sp³-hybridized carbons (Fsp3) is 0.0625. The fourth-order valence-electron chi connectivity index (χ4n) is 1.71. The van der Waals surface area contributed by atoms with Gasteiger partial charge in [-0.3, -0.25) is 4.79 Å². The standard InChI is InChI=1S/C16H13FO2/c1-19-16-8-3-2-5-12(16)9-10-15(18)13-6-4-7-14(17)11-13/h2-11H,1H3/b10-9+. The minimum atomic E-state index is -0.420. The Balaban J connectivity index is 2.21. The molecule has 0 heterocycles. The van der Waals surface area contributed by atoms with E-state index in [9.17, 15) is 9.18 Å². The summed E-state index contributed by atoms with van der Waals surface area (Å²) in [5.74, 6) is 0.0211. The zero-order valence-electron chi connectivity index (χ0n) is 10.5. The van der Waals surface area contributed by atoms with Gasteiger partial charge in [-0.25, -0.2) is 4.39 Å². The lowest BCUT2D eigenvalue weighted by Gasteiger charge is -2.03. The molecule has 0 N–H and O–H groups in total. The number of hydrogen-bond acceptors (Lipinski definition) is 2. The zero-order valence-corrected chi connectivity index (χ0v) is 10.5. The Morgan fingerprint density at radius 2 is 1.95 bits per heavy atom. The molecule has 0 aliphatic rings. The lowest BCUT2D eigenvalue weighted by Crippen LogP contribution is -1.94. The highest BCUT2D eigenvalue weighted by molar-refractivity contribution is 6.06. The average molecular weight is 256 g/mol. The smallest absolute Gasteiger partial charge is 0.185 e. The van der Waals surface area contributed by atoms with Crippen molar-refractivity contribution in [2.24, 2.45) is 0 Å².